The first-order valence-electron chi connectivity index (χ1n) is 6.27. The van der Waals surface area contributed by atoms with Crippen molar-refractivity contribution in [1.82, 2.24) is 10.3 Å². The summed E-state index contributed by atoms with van der Waals surface area (Å²) in [6.45, 7) is 2.59. The molecule has 5 heteroatoms. The molecule has 1 aliphatic rings. The summed E-state index contributed by atoms with van der Waals surface area (Å²) in [6.07, 6.45) is 5.11. The van der Waals surface area contributed by atoms with E-state index in [4.69, 9.17) is 0 Å². The molecule has 0 aliphatic heterocycles. The van der Waals surface area contributed by atoms with Crippen molar-refractivity contribution in [3.63, 3.8) is 0 Å². The van der Waals surface area contributed by atoms with E-state index < -0.39 is 5.41 Å². The van der Waals surface area contributed by atoms with Crippen molar-refractivity contribution in [3.05, 3.63) is 16.6 Å². The summed E-state index contributed by atoms with van der Waals surface area (Å²) in [6, 6.07) is 2.21. The van der Waals surface area contributed by atoms with Crippen LogP contribution in [0.15, 0.2) is 11.6 Å². The Morgan fingerprint density at radius 2 is 2.39 bits per heavy atom. The Kier molecular flexibility index (Phi) is 3.97. The zero-order chi connectivity index (χ0) is 13.0. The monoisotopic (exact) mass is 263 g/mol. The highest BCUT2D eigenvalue weighted by atomic mass is 32.1. The van der Waals surface area contributed by atoms with Crippen LogP contribution in [-0.4, -0.2) is 17.4 Å². The lowest BCUT2D eigenvalue weighted by atomic mass is 9.87. The number of aromatic nitrogens is 1. The Bertz CT molecular complexity index is 443. The van der Waals surface area contributed by atoms with Gasteiger partial charge in [-0.3, -0.25) is 4.79 Å². The van der Waals surface area contributed by atoms with Crippen LogP contribution in [-0.2, 0) is 4.79 Å². The van der Waals surface area contributed by atoms with Gasteiger partial charge in [-0.1, -0.05) is 19.8 Å². The van der Waals surface area contributed by atoms with Crippen molar-refractivity contribution < 1.29 is 4.79 Å². The summed E-state index contributed by atoms with van der Waals surface area (Å²) in [4.78, 5) is 16.4. The molecule has 1 amide bonds. The Morgan fingerprint density at radius 1 is 1.67 bits per heavy atom. The molecule has 0 spiro atoms. The van der Waals surface area contributed by atoms with Crippen LogP contribution in [0.5, 0.6) is 0 Å². The molecule has 1 atom stereocenters. The molecule has 1 aromatic heterocycles. The van der Waals surface area contributed by atoms with Crippen LogP contribution in [0.2, 0.25) is 0 Å². The fourth-order valence-corrected chi connectivity index (χ4v) is 3.05. The van der Waals surface area contributed by atoms with Crippen molar-refractivity contribution in [2.24, 2.45) is 5.41 Å². The SMILES string of the molecule is CC(CNC(=O)C1(C#N)CCCC1)c1nccs1. The van der Waals surface area contributed by atoms with Crippen molar-refractivity contribution in [3.8, 4) is 6.07 Å². The predicted octanol–water partition coefficient (Wildman–Crippen LogP) is 2.45. The maximum absolute atomic E-state index is 12.1. The molecule has 2 rings (SSSR count). The number of nitrogens with one attached hydrogen (secondary N) is 1. The van der Waals surface area contributed by atoms with Gasteiger partial charge < -0.3 is 5.32 Å². The molecule has 96 valence electrons. The van der Waals surface area contributed by atoms with Gasteiger partial charge in [-0.05, 0) is 12.8 Å². The molecule has 1 heterocycles. The molecule has 0 saturated heterocycles. The minimum Gasteiger partial charge on any atom is -0.354 e. The number of nitrogens with zero attached hydrogens (tertiary/aromatic N) is 2. The van der Waals surface area contributed by atoms with Gasteiger partial charge in [0.1, 0.15) is 5.41 Å². The van der Waals surface area contributed by atoms with E-state index in [-0.39, 0.29) is 11.8 Å². The van der Waals surface area contributed by atoms with Crippen molar-refractivity contribution in [1.29, 1.82) is 5.26 Å². The number of rotatable bonds is 4. The standard InChI is InChI=1S/C13H17N3OS/c1-10(11-15-6-7-18-11)8-16-12(17)13(9-14)4-2-3-5-13/h6-7,10H,2-5,8H2,1H3,(H,16,17). The molecule has 4 nitrogen and oxygen atoms in total. The highest BCUT2D eigenvalue weighted by molar-refractivity contribution is 7.09. The molecule has 18 heavy (non-hydrogen) atoms. The average Bonchev–Trinajstić information content (AvgIpc) is 3.06. The number of carbonyl (C=O) groups is 1. The predicted molar refractivity (Wildman–Crippen MR) is 70.1 cm³/mol. The quantitative estimate of drug-likeness (QED) is 0.907. The van der Waals surface area contributed by atoms with Crippen molar-refractivity contribution in [2.75, 3.05) is 6.54 Å². The van der Waals surface area contributed by atoms with E-state index in [2.05, 4.69) is 16.4 Å². The number of nitriles is 1. The highest BCUT2D eigenvalue weighted by Gasteiger charge is 2.41. The topological polar surface area (TPSA) is 65.8 Å². The van der Waals surface area contributed by atoms with E-state index in [0.717, 1.165) is 17.8 Å². The van der Waals surface area contributed by atoms with Crippen LogP contribution in [0, 0.1) is 16.7 Å². The van der Waals surface area contributed by atoms with E-state index in [0.29, 0.717) is 19.4 Å². The highest BCUT2D eigenvalue weighted by Crippen LogP contribution is 2.37. The van der Waals surface area contributed by atoms with Crippen LogP contribution in [0.3, 0.4) is 0 Å². The second-order valence-electron chi connectivity index (χ2n) is 4.88. The molecule has 0 radical (unpaired) electrons. The van der Waals surface area contributed by atoms with Crippen molar-refractivity contribution in [2.45, 2.75) is 38.5 Å². The molecular weight excluding hydrogens is 246 g/mol. The number of hydrogen-bond acceptors (Lipinski definition) is 4. The van der Waals surface area contributed by atoms with Crippen LogP contribution in [0.4, 0.5) is 0 Å². The molecule has 1 fully saturated rings. The third-order valence-corrected chi connectivity index (χ3v) is 4.55. The summed E-state index contributed by atoms with van der Waals surface area (Å²) in [7, 11) is 0. The lowest BCUT2D eigenvalue weighted by molar-refractivity contribution is -0.128. The third-order valence-electron chi connectivity index (χ3n) is 3.55. The van der Waals surface area contributed by atoms with Crippen LogP contribution < -0.4 is 5.32 Å². The summed E-state index contributed by atoms with van der Waals surface area (Å²) in [5.74, 6) is 0.0944. The molecule has 1 unspecified atom stereocenters. The van der Waals surface area contributed by atoms with Crippen molar-refractivity contribution >= 4 is 17.2 Å². The largest absolute Gasteiger partial charge is 0.354 e. The van der Waals surface area contributed by atoms with Crippen LogP contribution in [0.25, 0.3) is 0 Å². The summed E-state index contributed by atoms with van der Waals surface area (Å²) >= 11 is 1.59. The minimum absolute atomic E-state index is 0.106. The number of thiazole rings is 1. The molecule has 1 saturated carbocycles. The maximum atomic E-state index is 12.1. The van der Waals surface area contributed by atoms with Gasteiger partial charge in [0.05, 0.1) is 11.1 Å². The van der Waals surface area contributed by atoms with Gasteiger partial charge in [0.25, 0.3) is 0 Å². The second kappa shape index (κ2) is 5.49. The van der Waals surface area contributed by atoms with Gasteiger partial charge in [0, 0.05) is 24.0 Å². The van der Waals surface area contributed by atoms with Crippen LogP contribution in [0.1, 0.15) is 43.5 Å². The normalized spacial score (nSPS) is 19.1. The fraction of sp³-hybridized carbons (Fsp3) is 0.615. The number of amides is 1. The first-order chi connectivity index (χ1) is 8.68. The van der Waals surface area contributed by atoms with Gasteiger partial charge in [0.2, 0.25) is 5.91 Å². The summed E-state index contributed by atoms with van der Waals surface area (Å²) in [5, 5.41) is 15.1. The van der Waals surface area contributed by atoms with E-state index in [1.165, 1.54) is 0 Å². The lowest BCUT2D eigenvalue weighted by Gasteiger charge is -2.20. The lowest BCUT2D eigenvalue weighted by Crippen LogP contribution is -2.39. The van der Waals surface area contributed by atoms with Gasteiger partial charge in [0.15, 0.2) is 0 Å². The Balaban J connectivity index is 1.90. The third kappa shape index (κ3) is 2.54. The first-order valence-corrected chi connectivity index (χ1v) is 7.15. The van der Waals surface area contributed by atoms with Gasteiger partial charge in [-0.2, -0.15) is 5.26 Å². The summed E-state index contributed by atoms with van der Waals surface area (Å²) in [5.41, 5.74) is -0.775. The summed E-state index contributed by atoms with van der Waals surface area (Å²) < 4.78 is 0. The van der Waals surface area contributed by atoms with E-state index in [1.54, 1.807) is 17.5 Å². The molecule has 0 aromatic carbocycles. The molecule has 1 aliphatic carbocycles. The zero-order valence-corrected chi connectivity index (χ0v) is 11.3. The van der Waals surface area contributed by atoms with E-state index >= 15 is 0 Å². The Hall–Kier alpha value is -1.41. The van der Waals surface area contributed by atoms with Gasteiger partial charge in [-0.15, -0.1) is 11.3 Å². The molecule has 1 aromatic rings. The Labute approximate surface area is 111 Å². The van der Waals surface area contributed by atoms with Crippen LogP contribution >= 0.6 is 11.3 Å². The first kappa shape index (κ1) is 13.0. The Morgan fingerprint density at radius 3 is 2.94 bits per heavy atom. The molecular formula is C13H17N3OS. The number of carbonyl (C=O) groups excluding carboxylic acids is 1. The zero-order valence-electron chi connectivity index (χ0n) is 10.5. The second-order valence-corrected chi connectivity index (χ2v) is 5.81. The van der Waals surface area contributed by atoms with E-state index in [9.17, 15) is 10.1 Å². The van der Waals surface area contributed by atoms with Gasteiger partial charge >= 0.3 is 0 Å². The minimum atomic E-state index is -0.775. The number of hydrogen-bond donors (Lipinski definition) is 1. The van der Waals surface area contributed by atoms with Gasteiger partial charge in [-0.25, -0.2) is 4.98 Å². The van der Waals surface area contributed by atoms with E-state index in [1.807, 2.05) is 12.3 Å². The maximum Gasteiger partial charge on any atom is 0.240 e. The smallest absolute Gasteiger partial charge is 0.240 e. The molecule has 1 N–H and O–H groups in total. The fourth-order valence-electron chi connectivity index (χ4n) is 2.35. The average molecular weight is 263 g/mol. The molecule has 0 bridgehead atoms.